The van der Waals surface area contributed by atoms with Gasteiger partial charge in [-0.2, -0.15) is 0 Å². The normalized spacial score (nSPS) is 10.5. The van der Waals surface area contributed by atoms with Crippen LogP contribution >= 0.6 is 11.6 Å². The molecule has 0 aliphatic heterocycles. The largest absolute Gasteiger partial charge is 0.462 e. The average Bonchev–Trinajstić information content (AvgIpc) is 2.89. The fourth-order valence-corrected chi connectivity index (χ4v) is 2.75. The molecule has 2 rings (SSSR count). The van der Waals surface area contributed by atoms with E-state index < -0.39 is 24.3 Å². The van der Waals surface area contributed by atoms with Gasteiger partial charge in [0.2, 0.25) is 5.78 Å². The van der Waals surface area contributed by atoms with E-state index in [9.17, 15) is 14.4 Å². The molecular weight excluding hydrogens is 360 g/mol. The lowest BCUT2D eigenvalue weighted by Crippen LogP contribution is -2.18. The second kappa shape index (κ2) is 8.05. The number of nitrogen functional groups attached to an aromatic ring is 1. The molecule has 26 heavy (non-hydrogen) atoms. The van der Waals surface area contributed by atoms with Gasteiger partial charge in [-0.15, -0.1) is 0 Å². The number of rotatable bonds is 6. The fraction of sp³-hybridized carbons (Fsp3) is 0.278. The van der Waals surface area contributed by atoms with E-state index in [1.165, 1.54) is 18.2 Å². The van der Waals surface area contributed by atoms with Gasteiger partial charge in [0.15, 0.2) is 6.61 Å². The minimum absolute atomic E-state index is 0.0675. The molecule has 0 bridgehead atoms. The van der Waals surface area contributed by atoms with Gasteiger partial charge in [-0.25, -0.2) is 9.59 Å². The quantitative estimate of drug-likeness (QED) is 0.454. The van der Waals surface area contributed by atoms with Crippen molar-refractivity contribution >= 4 is 35.0 Å². The molecule has 1 heterocycles. The summed E-state index contributed by atoms with van der Waals surface area (Å²) in [6, 6.07) is 4.37. The molecule has 138 valence electrons. The summed E-state index contributed by atoms with van der Waals surface area (Å²) in [7, 11) is 0. The Bertz CT molecular complexity index is 873. The molecule has 2 aromatic rings. The number of Topliss-reactive ketones (excluding diaryl/α,β-unsaturated/α-hetero) is 1. The van der Waals surface area contributed by atoms with Gasteiger partial charge >= 0.3 is 11.9 Å². The number of benzene rings is 1. The van der Waals surface area contributed by atoms with E-state index in [0.717, 1.165) is 0 Å². The highest BCUT2D eigenvalue weighted by molar-refractivity contribution is 6.31. The Labute approximate surface area is 155 Å². The van der Waals surface area contributed by atoms with E-state index in [1.807, 2.05) is 0 Å². The standard InChI is InChI=1S/C18H19ClN2O5/c1-4-25-18(24)16-10(3)21-9(2)15(16)14(22)8-26-17(23)12-7-11(19)5-6-13(12)20/h5-7,21H,4,8,20H2,1-3H3. The number of aromatic amines is 1. The van der Waals surface area contributed by atoms with Crippen molar-refractivity contribution in [2.75, 3.05) is 18.9 Å². The van der Waals surface area contributed by atoms with Crippen LogP contribution < -0.4 is 5.73 Å². The molecule has 0 unspecified atom stereocenters. The van der Waals surface area contributed by atoms with Crippen LogP contribution in [0.1, 0.15) is 49.4 Å². The van der Waals surface area contributed by atoms with Gasteiger partial charge in [-0.1, -0.05) is 11.6 Å². The first kappa shape index (κ1) is 19.5. The number of aromatic nitrogens is 1. The zero-order chi connectivity index (χ0) is 19.4. The number of halogens is 1. The monoisotopic (exact) mass is 378 g/mol. The SMILES string of the molecule is CCOC(=O)c1c(C)[nH]c(C)c1C(=O)COC(=O)c1cc(Cl)ccc1N. The third-order valence-electron chi connectivity index (χ3n) is 3.70. The number of ketones is 1. The molecule has 8 heteroatoms. The Kier molecular flexibility index (Phi) is 6.05. The van der Waals surface area contributed by atoms with E-state index in [1.54, 1.807) is 20.8 Å². The zero-order valence-electron chi connectivity index (χ0n) is 14.6. The van der Waals surface area contributed by atoms with Crippen molar-refractivity contribution in [1.29, 1.82) is 0 Å². The molecular formula is C18H19ClN2O5. The van der Waals surface area contributed by atoms with Gasteiger partial charge < -0.3 is 20.2 Å². The van der Waals surface area contributed by atoms with Crippen LogP contribution in [0.25, 0.3) is 0 Å². The number of carbonyl (C=O) groups is 3. The number of H-pyrrole nitrogens is 1. The van der Waals surface area contributed by atoms with Crippen LogP contribution in [0, 0.1) is 13.8 Å². The molecule has 0 spiro atoms. The third kappa shape index (κ3) is 4.05. The summed E-state index contributed by atoms with van der Waals surface area (Å²) in [5, 5.41) is 0.319. The number of nitrogens with two attached hydrogens (primary N) is 1. The molecule has 1 aromatic heterocycles. The van der Waals surface area contributed by atoms with Crippen molar-refractivity contribution < 1.29 is 23.9 Å². The molecule has 0 saturated carbocycles. The minimum atomic E-state index is -0.777. The van der Waals surface area contributed by atoms with Crippen LogP contribution in [0.4, 0.5) is 5.69 Å². The van der Waals surface area contributed by atoms with Gasteiger partial charge in [0.1, 0.15) is 0 Å². The summed E-state index contributed by atoms with van der Waals surface area (Å²) in [4.78, 5) is 39.7. The molecule has 0 saturated heterocycles. The second-order valence-electron chi connectivity index (χ2n) is 5.58. The molecule has 7 nitrogen and oxygen atoms in total. The van der Waals surface area contributed by atoms with Crippen LogP contribution in [-0.4, -0.2) is 35.9 Å². The molecule has 1 aromatic carbocycles. The predicted octanol–water partition coefficient (Wildman–Crippen LogP) is 3.08. The van der Waals surface area contributed by atoms with Crippen molar-refractivity contribution in [2.24, 2.45) is 0 Å². The molecule has 0 amide bonds. The Morgan fingerprint density at radius 2 is 1.73 bits per heavy atom. The van der Waals surface area contributed by atoms with E-state index in [-0.39, 0.29) is 29.0 Å². The summed E-state index contributed by atoms with van der Waals surface area (Å²) in [5.74, 6) is -1.91. The Hall–Kier alpha value is -2.80. The second-order valence-corrected chi connectivity index (χ2v) is 6.01. The number of nitrogens with one attached hydrogen (secondary N) is 1. The third-order valence-corrected chi connectivity index (χ3v) is 3.94. The van der Waals surface area contributed by atoms with Gasteiger partial charge in [-0.3, -0.25) is 4.79 Å². The first-order valence-corrected chi connectivity index (χ1v) is 8.25. The summed E-state index contributed by atoms with van der Waals surface area (Å²) in [5.41, 5.74) is 7.27. The fourth-order valence-electron chi connectivity index (χ4n) is 2.57. The van der Waals surface area contributed by atoms with Crippen LogP contribution in [0.15, 0.2) is 18.2 Å². The van der Waals surface area contributed by atoms with Gasteiger partial charge in [0.05, 0.1) is 23.3 Å². The number of ether oxygens (including phenoxy) is 2. The van der Waals surface area contributed by atoms with E-state index in [2.05, 4.69) is 4.98 Å². The maximum atomic E-state index is 12.5. The van der Waals surface area contributed by atoms with Crippen LogP contribution in [0.3, 0.4) is 0 Å². The Morgan fingerprint density at radius 1 is 1.08 bits per heavy atom. The number of esters is 2. The van der Waals surface area contributed by atoms with Crippen molar-refractivity contribution in [3.8, 4) is 0 Å². The van der Waals surface area contributed by atoms with Crippen molar-refractivity contribution in [1.82, 2.24) is 4.98 Å². The highest BCUT2D eigenvalue weighted by Gasteiger charge is 2.26. The maximum Gasteiger partial charge on any atom is 0.340 e. The summed E-state index contributed by atoms with van der Waals surface area (Å²) >= 11 is 5.84. The number of hydrogen-bond acceptors (Lipinski definition) is 6. The molecule has 0 aliphatic carbocycles. The predicted molar refractivity (Wildman–Crippen MR) is 96.7 cm³/mol. The lowest BCUT2D eigenvalue weighted by Gasteiger charge is -2.08. The lowest BCUT2D eigenvalue weighted by atomic mass is 10.1. The number of aryl methyl sites for hydroxylation is 2. The molecule has 0 radical (unpaired) electrons. The number of hydrogen-bond donors (Lipinski definition) is 2. The summed E-state index contributed by atoms with van der Waals surface area (Å²) in [6.45, 7) is 4.62. The van der Waals surface area contributed by atoms with Gasteiger partial charge in [-0.05, 0) is 39.0 Å². The summed E-state index contributed by atoms with van der Waals surface area (Å²) < 4.78 is 10.0. The zero-order valence-corrected chi connectivity index (χ0v) is 15.4. The maximum absolute atomic E-state index is 12.5. The van der Waals surface area contributed by atoms with E-state index >= 15 is 0 Å². The van der Waals surface area contributed by atoms with Gasteiger partial charge in [0, 0.05) is 22.1 Å². The highest BCUT2D eigenvalue weighted by Crippen LogP contribution is 2.22. The average molecular weight is 379 g/mol. The Morgan fingerprint density at radius 3 is 2.38 bits per heavy atom. The van der Waals surface area contributed by atoms with E-state index in [0.29, 0.717) is 16.4 Å². The van der Waals surface area contributed by atoms with Crippen molar-refractivity contribution in [3.63, 3.8) is 0 Å². The molecule has 0 aliphatic rings. The van der Waals surface area contributed by atoms with Crippen LogP contribution in [-0.2, 0) is 9.47 Å². The molecule has 0 fully saturated rings. The highest BCUT2D eigenvalue weighted by atomic mass is 35.5. The number of anilines is 1. The molecule has 3 N–H and O–H groups in total. The first-order valence-electron chi connectivity index (χ1n) is 7.87. The Balaban J connectivity index is 2.19. The molecule has 0 atom stereocenters. The van der Waals surface area contributed by atoms with Crippen LogP contribution in [0.5, 0.6) is 0 Å². The van der Waals surface area contributed by atoms with E-state index in [4.69, 9.17) is 26.8 Å². The number of carbonyl (C=O) groups excluding carboxylic acids is 3. The first-order chi connectivity index (χ1) is 12.3. The summed E-state index contributed by atoms with van der Waals surface area (Å²) in [6.07, 6.45) is 0. The minimum Gasteiger partial charge on any atom is -0.462 e. The van der Waals surface area contributed by atoms with Crippen LogP contribution in [0.2, 0.25) is 5.02 Å². The van der Waals surface area contributed by atoms with Crippen molar-refractivity contribution in [3.05, 3.63) is 51.3 Å². The topological polar surface area (TPSA) is 111 Å². The van der Waals surface area contributed by atoms with Gasteiger partial charge in [0.25, 0.3) is 0 Å². The van der Waals surface area contributed by atoms with Crippen molar-refractivity contribution in [2.45, 2.75) is 20.8 Å². The lowest BCUT2D eigenvalue weighted by molar-refractivity contribution is 0.0473. The smallest absolute Gasteiger partial charge is 0.340 e.